The van der Waals surface area contributed by atoms with Gasteiger partial charge in [0.2, 0.25) is 0 Å². The molecule has 0 rings (SSSR count). The van der Waals surface area contributed by atoms with Crippen molar-refractivity contribution >= 4 is 9.84 Å². The molecular formula is C8H18O2S. The van der Waals surface area contributed by atoms with Crippen molar-refractivity contribution < 1.29 is 8.42 Å². The van der Waals surface area contributed by atoms with Crippen molar-refractivity contribution in [1.29, 1.82) is 0 Å². The zero-order valence-electron chi connectivity index (χ0n) is 7.63. The van der Waals surface area contributed by atoms with E-state index >= 15 is 0 Å². The number of rotatable bonds is 5. The van der Waals surface area contributed by atoms with Crippen molar-refractivity contribution in [3.8, 4) is 0 Å². The second-order valence-electron chi connectivity index (χ2n) is 3.29. The van der Waals surface area contributed by atoms with Crippen molar-refractivity contribution in [2.45, 2.75) is 33.1 Å². The predicted octanol–water partition coefficient (Wildman–Crippen LogP) is 1.86. The van der Waals surface area contributed by atoms with E-state index in [2.05, 4.69) is 13.8 Å². The molecule has 1 atom stereocenters. The summed E-state index contributed by atoms with van der Waals surface area (Å²) in [5.74, 6) is 1.01. The van der Waals surface area contributed by atoms with Crippen LogP contribution in [-0.2, 0) is 9.84 Å². The average Bonchev–Trinajstić information content (AvgIpc) is 1.85. The van der Waals surface area contributed by atoms with Crippen LogP contribution in [0.15, 0.2) is 0 Å². The molecule has 0 aliphatic carbocycles. The lowest BCUT2D eigenvalue weighted by molar-refractivity contribution is 0.506. The van der Waals surface area contributed by atoms with Gasteiger partial charge in [0.25, 0.3) is 0 Å². The summed E-state index contributed by atoms with van der Waals surface area (Å²) in [6.45, 7) is 4.29. The topological polar surface area (TPSA) is 34.1 Å². The molecule has 0 amide bonds. The van der Waals surface area contributed by atoms with Gasteiger partial charge in [-0.2, -0.15) is 0 Å². The Morgan fingerprint density at radius 3 is 2.27 bits per heavy atom. The number of hydrogen-bond donors (Lipinski definition) is 0. The van der Waals surface area contributed by atoms with E-state index in [1.54, 1.807) is 0 Å². The molecule has 0 saturated heterocycles. The zero-order valence-corrected chi connectivity index (χ0v) is 8.45. The quantitative estimate of drug-likeness (QED) is 0.644. The van der Waals surface area contributed by atoms with Crippen LogP contribution in [0.1, 0.15) is 33.1 Å². The summed E-state index contributed by atoms with van der Waals surface area (Å²) in [5.41, 5.74) is 0. The molecule has 3 heteroatoms. The van der Waals surface area contributed by atoms with Crippen molar-refractivity contribution in [3.63, 3.8) is 0 Å². The third-order valence-electron chi connectivity index (χ3n) is 1.91. The van der Waals surface area contributed by atoms with Crippen molar-refractivity contribution in [2.75, 3.05) is 12.0 Å². The Hall–Kier alpha value is -0.0500. The lowest BCUT2D eigenvalue weighted by Gasteiger charge is -2.05. The van der Waals surface area contributed by atoms with Crippen LogP contribution < -0.4 is 0 Å². The first kappa shape index (κ1) is 11.0. The Balaban J connectivity index is 3.43. The molecule has 68 valence electrons. The summed E-state index contributed by atoms with van der Waals surface area (Å²) in [4.78, 5) is 0. The minimum absolute atomic E-state index is 0.345. The summed E-state index contributed by atoms with van der Waals surface area (Å²) in [6, 6.07) is 0. The van der Waals surface area contributed by atoms with Crippen LogP contribution in [0.3, 0.4) is 0 Å². The van der Waals surface area contributed by atoms with Gasteiger partial charge in [-0.05, 0) is 18.8 Å². The molecule has 0 spiro atoms. The van der Waals surface area contributed by atoms with Crippen molar-refractivity contribution in [2.24, 2.45) is 5.92 Å². The van der Waals surface area contributed by atoms with E-state index in [0.29, 0.717) is 11.7 Å². The van der Waals surface area contributed by atoms with E-state index in [9.17, 15) is 8.42 Å². The molecule has 0 aliphatic heterocycles. The lowest BCUT2D eigenvalue weighted by atomic mass is 10.0. The normalized spacial score (nSPS) is 14.8. The minimum Gasteiger partial charge on any atom is -0.229 e. The average molecular weight is 178 g/mol. The van der Waals surface area contributed by atoms with Crippen molar-refractivity contribution in [3.05, 3.63) is 0 Å². The minimum atomic E-state index is -2.73. The molecule has 0 aromatic heterocycles. The molecule has 11 heavy (non-hydrogen) atoms. The van der Waals surface area contributed by atoms with E-state index in [4.69, 9.17) is 0 Å². The number of sulfone groups is 1. The van der Waals surface area contributed by atoms with Crippen LogP contribution in [0.2, 0.25) is 0 Å². The van der Waals surface area contributed by atoms with Gasteiger partial charge >= 0.3 is 0 Å². The van der Waals surface area contributed by atoms with Crippen LogP contribution >= 0.6 is 0 Å². The van der Waals surface area contributed by atoms with Crippen LogP contribution in [0.4, 0.5) is 0 Å². The zero-order chi connectivity index (χ0) is 8.91. The summed E-state index contributed by atoms with van der Waals surface area (Å²) < 4.78 is 21.4. The number of hydrogen-bond acceptors (Lipinski definition) is 2. The molecule has 0 aromatic carbocycles. The van der Waals surface area contributed by atoms with E-state index in [1.807, 2.05) is 0 Å². The highest BCUT2D eigenvalue weighted by atomic mass is 32.2. The molecule has 2 nitrogen and oxygen atoms in total. The van der Waals surface area contributed by atoms with Crippen molar-refractivity contribution in [1.82, 2.24) is 0 Å². The maximum atomic E-state index is 10.7. The SMILES string of the molecule is CCC(C)CCCS(C)(=O)=O. The van der Waals surface area contributed by atoms with Crippen LogP contribution in [0.25, 0.3) is 0 Å². The van der Waals surface area contributed by atoms with E-state index in [-0.39, 0.29) is 0 Å². The summed E-state index contributed by atoms with van der Waals surface area (Å²) in [6.07, 6.45) is 4.28. The van der Waals surface area contributed by atoms with Gasteiger partial charge in [-0.15, -0.1) is 0 Å². The van der Waals surface area contributed by atoms with Crippen LogP contribution in [-0.4, -0.2) is 20.4 Å². The van der Waals surface area contributed by atoms with Gasteiger partial charge in [0.15, 0.2) is 0 Å². The first-order chi connectivity index (χ1) is 4.95. The second-order valence-corrected chi connectivity index (χ2v) is 5.55. The Bertz CT molecular complexity index is 182. The first-order valence-electron chi connectivity index (χ1n) is 4.13. The van der Waals surface area contributed by atoms with Gasteiger partial charge in [0, 0.05) is 12.0 Å². The molecule has 0 aliphatic rings. The Labute approximate surface area is 69.9 Å². The highest BCUT2D eigenvalue weighted by Crippen LogP contribution is 2.09. The Morgan fingerprint density at radius 1 is 1.36 bits per heavy atom. The summed E-state index contributed by atoms with van der Waals surface area (Å²) in [7, 11) is -2.73. The van der Waals surface area contributed by atoms with Gasteiger partial charge in [-0.1, -0.05) is 20.3 Å². The van der Waals surface area contributed by atoms with Crippen LogP contribution in [0, 0.1) is 5.92 Å². The molecular weight excluding hydrogens is 160 g/mol. The fraction of sp³-hybridized carbons (Fsp3) is 1.00. The van der Waals surface area contributed by atoms with E-state index < -0.39 is 9.84 Å². The summed E-state index contributed by atoms with van der Waals surface area (Å²) >= 11 is 0. The largest absolute Gasteiger partial charge is 0.229 e. The third-order valence-corrected chi connectivity index (χ3v) is 2.94. The van der Waals surface area contributed by atoms with Gasteiger partial charge < -0.3 is 0 Å². The molecule has 0 bridgehead atoms. The standard InChI is InChI=1S/C8H18O2S/c1-4-8(2)6-5-7-11(3,9)10/h8H,4-7H2,1-3H3. The molecule has 0 heterocycles. The van der Waals surface area contributed by atoms with Crippen LogP contribution in [0.5, 0.6) is 0 Å². The molecule has 0 fully saturated rings. The van der Waals surface area contributed by atoms with Gasteiger partial charge in [-0.3, -0.25) is 0 Å². The summed E-state index contributed by atoms with van der Waals surface area (Å²) in [5, 5.41) is 0. The van der Waals surface area contributed by atoms with E-state index in [1.165, 1.54) is 6.26 Å². The predicted molar refractivity (Wildman–Crippen MR) is 48.4 cm³/mol. The van der Waals surface area contributed by atoms with Gasteiger partial charge in [0.05, 0.1) is 0 Å². The molecule has 0 aromatic rings. The monoisotopic (exact) mass is 178 g/mol. The maximum Gasteiger partial charge on any atom is 0.147 e. The van der Waals surface area contributed by atoms with Gasteiger partial charge in [-0.25, -0.2) is 8.42 Å². The fourth-order valence-electron chi connectivity index (χ4n) is 0.898. The van der Waals surface area contributed by atoms with Gasteiger partial charge in [0.1, 0.15) is 9.84 Å². The Kier molecular flexibility index (Phi) is 4.73. The molecule has 1 unspecified atom stereocenters. The highest BCUT2D eigenvalue weighted by Gasteiger charge is 2.03. The second kappa shape index (κ2) is 4.75. The third kappa shape index (κ3) is 7.85. The molecule has 0 radical (unpaired) electrons. The molecule has 0 saturated carbocycles. The maximum absolute atomic E-state index is 10.7. The fourth-order valence-corrected chi connectivity index (χ4v) is 1.59. The smallest absolute Gasteiger partial charge is 0.147 e. The van der Waals surface area contributed by atoms with E-state index in [0.717, 1.165) is 19.3 Å². The lowest BCUT2D eigenvalue weighted by Crippen LogP contribution is -2.04. The molecule has 0 N–H and O–H groups in total. The first-order valence-corrected chi connectivity index (χ1v) is 6.19. The Morgan fingerprint density at radius 2 is 1.91 bits per heavy atom. The highest BCUT2D eigenvalue weighted by molar-refractivity contribution is 7.90.